The lowest BCUT2D eigenvalue weighted by atomic mass is 9.96. The summed E-state index contributed by atoms with van der Waals surface area (Å²) in [5.41, 5.74) is 9.14. The van der Waals surface area contributed by atoms with Gasteiger partial charge in [0.2, 0.25) is 0 Å². The van der Waals surface area contributed by atoms with Crippen molar-refractivity contribution in [2.75, 3.05) is 0 Å². The monoisotopic (exact) mass is 748 g/mol. The molecule has 0 spiro atoms. The van der Waals surface area contributed by atoms with Gasteiger partial charge in [0.05, 0.1) is 45.1 Å². The molecule has 0 bridgehead atoms. The van der Waals surface area contributed by atoms with Crippen molar-refractivity contribution in [1.82, 2.24) is 39.0 Å². The Morgan fingerprint density at radius 2 is 0.845 bits per heavy atom. The molecule has 10 heteroatoms. The third kappa shape index (κ3) is 5.47. The second kappa shape index (κ2) is 13.3. The fraction of sp³-hybridized carbons (Fsp3) is 0.0833. The maximum Gasteiger partial charge on any atom is 0.163 e. The molecule has 0 saturated heterocycles. The van der Waals surface area contributed by atoms with Gasteiger partial charge in [0.25, 0.3) is 0 Å². The van der Waals surface area contributed by atoms with Crippen LogP contribution in [0.15, 0.2) is 121 Å². The molecule has 0 atom stereocenters. The first-order valence-corrected chi connectivity index (χ1v) is 18.8. The normalized spacial score (nSPS) is 11.4. The Labute approximate surface area is 333 Å². The molecule has 0 N–H and O–H groups in total. The van der Waals surface area contributed by atoms with Crippen molar-refractivity contribution in [3.63, 3.8) is 0 Å². The van der Waals surface area contributed by atoms with Crippen molar-refractivity contribution in [1.29, 1.82) is 10.5 Å². The molecule has 274 valence electrons. The number of aryl methyl sites for hydroxylation is 4. The molecule has 58 heavy (non-hydrogen) atoms. The highest BCUT2D eigenvalue weighted by atomic mass is 15.0. The van der Waals surface area contributed by atoms with Crippen LogP contribution >= 0.6 is 0 Å². The zero-order valence-electron chi connectivity index (χ0n) is 32.0. The number of hydrogen-bond donors (Lipinski definition) is 0. The molecular weight excluding hydrogens is 717 g/mol. The summed E-state index contributed by atoms with van der Waals surface area (Å²) in [4.78, 5) is 27.6. The van der Waals surface area contributed by atoms with E-state index in [0.717, 1.165) is 65.9 Å². The number of nitriles is 2. The number of nitrogens with zero attached hydrogens (tertiary/aromatic N) is 10. The van der Waals surface area contributed by atoms with E-state index in [0.29, 0.717) is 57.4 Å². The van der Waals surface area contributed by atoms with Gasteiger partial charge >= 0.3 is 0 Å². The van der Waals surface area contributed by atoms with E-state index in [4.69, 9.17) is 0 Å². The van der Waals surface area contributed by atoms with E-state index in [1.165, 1.54) is 0 Å². The molecule has 6 aromatic carbocycles. The van der Waals surface area contributed by atoms with Crippen LogP contribution in [0.1, 0.15) is 34.4 Å². The van der Waals surface area contributed by atoms with Crippen LogP contribution in [0.2, 0.25) is 0 Å². The van der Waals surface area contributed by atoms with Crippen LogP contribution in [0.4, 0.5) is 0 Å². The highest BCUT2D eigenvalue weighted by molar-refractivity contribution is 6.12. The van der Waals surface area contributed by atoms with Gasteiger partial charge in [-0.2, -0.15) is 10.5 Å². The molecule has 10 rings (SSSR count). The quantitative estimate of drug-likeness (QED) is 0.170. The zero-order valence-corrected chi connectivity index (χ0v) is 32.0. The summed E-state index contributed by atoms with van der Waals surface area (Å²) in [6, 6.07) is 45.6. The maximum atomic E-state index is 11.5. The third-order valence-corrected chi connectivity index (χ3v) is 10.6. The maximum absolute atomic E-state index is 11.5. The molecule has 0 aliphatic carbocycles. The van der Waals surface area contributed by atoms with Crippen LogP contribution in [0.5, 0.6) is 0 Å². The van der Waals surface area contributed by atoms with Crippen molar-refractivity contribution >= 4 is 43.6 Å². The van der Waals surface area contributed by atoms with Gasteiger partial charge < -0.3 is 9.13 Å². The smallest absolute Gasteiger partial charge is 0.163 e. The van der Waals surface area contributed by atoms with Crippen LogP contribution < -0.4 is 0 Å². The summed E-state index contributed by atoms with van der Waals surface area (Å²) in [6.07, 6.45) is 0. The van der Waals surface area contributed by atoms with Gasteiger partial charge in [-0.05, 0) is 81.3 Å². The lowest BCUT2D eigenvalue weighted by Crippen LogP contribution is -2.06. The second-order valence-electron chi connectivity index (χ2n) is 14.3. The van der Waals surface area contributed by atoms with Gasteiger partial charge in [-0.3, -0.25) is 0 Å². The molecule has 4 heterocycles. The summed E-state index contributed by atoms with van der Waals surface area (Å²) in [5, 5.41) is 25.9. The second-order valence-corrected chi connectivity index (χ2v) is 14.3. The number of hydrogen-bond acceptors (Lipinski definition) is 8. The molecule has 4 aromatic heterocycles. The SMILES string of the molecule is Cc1nc(C)nc(-c2ccc3c4ccccc4n(-c4cc(-c5ccccc5C#N)cc(-n5c6ccccc6c6ccc(-c7nc(C)nc(C)n7)cc65)c4C#N)c3c2)n1. The first-order chi connectivity index (χ1) is 28.3. The summed E-state index contributed by atoms with van der Waals surface area (Å²) in [6.45, 7) is 7.46. The Morgan fingerprint density at radius 3 is 1.31 bits per heavy atom. The molecule has 10 nitrogen and oxygen atoms in total. The van der Waals surface area contributed by atoms with E-state index in [1.54, 1.807) is 0 Å². The average Bonchev–Trinajstić information content (AvgIpc) is 3.74. The van der Waals surface area contributed by atoms with E-state index in [2.05, 4.69) is 99.7 Å². The topological polar surface area (TPSA) is 135 Å². The van der Waals surface area contributed by atoms with E-state index < -0.39 is 0 Å². The molecule has 0 amide bonds. The largest absolute Gasteiger partial charge is 0.308 e. The Morgan fingerprint density at radius 1 is 0.414 bits per heavy atom. The molecular formula is C48H32N10. The Bertz CT molecular complexity index is 3200. The minimum atomic E-state index is 0.456. The molecule has 0 radical (unpaired) electrons. The summed E-state index contributed by atoms with van der Waals surface area (Å²) >= 11 is 0. The molecule has 10 aromatic rings. The van der Waals surface area contributed by atoms with Crippen LogP contribution in [0.3, 0.4) is 0 Å². The predicted octanol–water partition coefficient (Wildman–Crippen LogP) is 10.2. The number of rotatable bonds is 5. The molecule has 0 aliphatic heterocycles. The number of benzene rings is 6. The standard InChI is InChI=1S/C48H32N10/c1-27-51-28(2)54-47(53-27)31-17-19-38-36-13-7-9-15-41(36)57(43(38)21-31)45-23-34(35-12-6-5-11-33(35)25-49)24-46(40(45)26-50)58-42-16-10-8-14-37(42)39-20-18-32(22-44(39)58)48-55-29(3)52-30(4)56-48/h5-24H,1-4H3. The van der Waals surface area contributed by atoms with Gasteiger partial charge in [-0.15, -0.1) is 0 Å². The van der Waals surface area contributed by atoms with Crippen molar-refractivity contribution < 1.29 is 0 Å². The predicted molar refractivity (Wildman–Crippen MR) is 227 cm³/mol. The molecule has 0 unspecified atom stereocenters. The van der Waals surface area contributed by atoms with Crippen LogP contribution in [-0.4, -0.2) is 39.0 Å². The molecule has 0 saturated carbocycles. The van der Waals surface area contributed by atoms with Crippen LogP contribution in [0.25, 0.3) is 88.9 Å². The van der Waals surface area contributed by atoms with Crippen molar-refractivity contribution in [2.45, 2.75) is 27.7 Å². The average molecular weight is 749 g/mol. The van der Waals surface area contributed by atoms with E-state index in [-0.39, 0.29) is 0 Å². The Hall–Kier alpha value is -8.08. The number of fused-ring (bicyclic) bond motifs is 6. The minimum absolute atomic E-state index is 0.456. The van der Waals surface area contributed by atoms with E-state index in [1.807, 2.05) is 100 Å². The van der Waals surface area contributed by atoms with Crippen molar-refractivity contribution in [2.24, 2.45) is 0 Å². The van der Waals surface area contributed by atoms with Gasteiger partial charge in [0.1, 0.15) is 34.9 Å². The first-order valence-electron chi connectivity index (χ1n) is 18.8. The number of aromatic nitrogens is 8. The minimum Gasteiger partial charge on any atom is -0.308 e. The van der Waals surface area contributed by atoms with Gasteiger partial charge in [-0.1, -0.05) is 78.9 Å². The summed E-state index contributed by atoms with van der Waals surface area (Å²) in [5.74, 6) is 3.70. The molecule has 0 fully saturated rings. The van der Waals surface area contributed by atoms with Crippen LogP contribution in [-0.2, 0) is 0 Å². The van der Waals surface area contributed by atoms with Crippen molar-refractivity contribution in [3.05, 3.63) is 156 Å². The fourth-order valence-electron chi connectivity index (χ4n) is 8.29. The lowest BCUT2D eigenvalue weighted by molar-refractivity contribution is 0.928. The Balaban J connectivity index is 1.35. The highest BCUT2D eigenvalue weighted by Crippen LogP contribution is 2.42. The zero-order chi connectivity index (χ0) is 39.7. The van der Waals surface area contributed by atoms with E-state index >= 15 is 0 Å². The van der Waals surface area contributed by atoms with E-state index in [9.17, 15) is 10.5 Å². The summed E-state index contributed by atoms with van der Waals surface area (Å²) in [7, 11) is 0. The number of para-hydroxylation sites is 2. The first kappa shape index (κ1) is 34.4. The highest BCUT2D eigenvalue weighted by Gasteiger charge is 2.24. The lowest BCUT2D eigenvalue weighted by Gasteiger charge is -2.19. The fourth-order valence-corrected chi connectivity index (χ4v) is 8.29. The molecule has 0 aliphatic rings. The van der Waals surface area contributed by atoms with Crippen LogP contribution in [0, 0.1) is 50.4 Å². The van der Waals surface area contributed by atoms with Gasteiger partial charge in [-0.25, -0.2) is 29.9 Å². The van der Waals surface area contributed by atoms with Gasteiger partial charge in [0.15, 0.2) is 11.6 Å². The van der Waals surface area contributed by atoms with Gasteiger partial charge in [0, 0.05) is 32.7 Å². The Kier molecular flexibility index (Phi) is 7.89. The third-order valence-electron chi connectivity index (χ3n) is 10.6. The van der Waals surface area contributed by atoms with Crippen molar-refractivity contribution in [3.8, 4) is 57.4 Å². The summed E-state index contributed by atoms with van der Waals surface area (Å²) < 4.78 is 4.32.